The predicted molar refractivity (Wildman–Crippen MR) is 37.8 cm³/mol. The normalized spacial score (nSPS) is 28.3. The van der Waals surface area contributed by atoms with E-state index in [9.17, 15) is 0 Å². The molecule has 1 unspecified atom stereocenters. The lowest BCUT2D eigenvalue weighted by Crippen LogP contribution is -2.47. The zero-order valence-corrected chi connectivity index (χ0v) is 5.69. The van der Waals surface area contributed by atoms with Crippen molar-refractivity contribution in [1.29, 1.82) is 0 Å². The molecule has 0 amide bonds. The first-order valence-electron chi connectivity index (χ1n) is 3.60. The minimum Gasteiger partial charge on any atom is -0.318 e. The van der Waals surface area contributed by atoms with Crippen LogP contribution in [0.25, 0.3) is 0 Å². The van der Waals surface area contributed by atoms with Crippen molar-refractivity contribution in [3.8, 4) is 0 Å². The third kappa shape index (κ3) is 2.30. The van der Waals surface area contributed by atoms with Crippen LogP contribution in [-0.4, -0.2) is 19.4 Å². The second-order valence-electron chi connectivity index (χ2n) is 2.41. The van der Waals surface area contributed by atoms with E-state index in [0.717, 1.165) is 6.54 Å². The van der Waals surface area contributed by atoms with Gasteiger partial charge in [-0.2, -0.15) is 0 Å². The van der Waals surface area contributed by atoms with Gasteiger partial charge in [0, 0.05) is 6.67 Å². The highest BCUT2D eigenvalue weighted by Crippen LogP contribution is 2.03. The molecule has 1 atom stereocenters. The fourth-order valence-electron chi connectivity index (χ4n) is 1.17. The van der Waals surface area contributed by atoms with Crippen LogP contribution in [0.2, 0.25) is 0 Å². The SMILES string of the molecule is NCNC1CCCCN1. The molecular formula is C6H15N3. The molecule has 9 heavy (non-hydrogen) atoms. The minimum absolute atomic E-state index is 0.476. The molecule has 0 aromatic carbocycles. The van der Waals surface area contributed by atoms with Crippen molar-refractivity contribution in [1.82, 2.24) is 10.6 Å². The Morgan fingerprint density at radius 1 is 1.56 bits per heavy atom. The maximum absolute atomic E-state index is 5.31. The summed E-state index contributed by atoms with van der Waals surface area (Å²) in [6.07, 6.45) is 4.33. The maximum atomic E-state index is 5.31. The van der Waals surface area contributed by atoms with E-state index in [1.165, 1.54) is 19.3 Å². The van der Waals surface area contributed by atoms with Gasteiger partial charge in [0.1, 0.15) is 0 Å². The lowest BCUT2D eigenvalue weighted by molar-refractivity contribution is 0.347. The van der Waals surface area contributed by atoms with Gasteiger partial charge in [0.05, 0.1) is 6.17 Å². The molecule has 4 N–H and O–H groups in total. The molecule has 0 aliphatic carbocycles. The number of piperidine rings is 1. The summed E-state index contributed by atoms with van der Waals surface area (Å²) in [5.74, 6) is 0. The van der Waals surface area contributed by atoms with E-state index in [0.29, 0.717) is 12.8 Å². The van der Waals surface area contributed by atoms with E-state index >= 15 is 0 Å². The predicted octanol–water partition coefficient (Wildman–Crippen LogP) is -0.408. The molecule has 1 fully saturated rings. The molecule has 1 heterocycles. The van der Waals surface area contributed by atoms with Gasteiger partial charge in [-0.3, -0.25) is 5.32 Å². The van der Waals surface area contributed by atoms with Gasteiger partial charge in [-0.1, -0.05) is 0 Å². The maximum Gasteiger partial charge on any atom is 0.0581 e. The number of hydrogen-bond donors (Lipinski definition) is 3. The van der Waals surface area contributed by atoms with Crippen LogP contribution in [0.1, 0.15) is 19.3 Å². The van der Waals surface area contributed by atoms with Crippen molar-refractivity contribution in [3.63, 3.8) is 0 Å². The first kappa shape index (κ1) is 6.99. The van der Waals surface area contributed by atoms with E-state index in [-0.39, 0.29) is 0 Å². The molecule has 3 nitrogen and oxygen atoms in total. The number of nitrogens with two attached hydrogens (primary N) is 1. The van der Waals surface area contributed by atoms with Gasteiger partial charge in [0.25, 0.3) is 0 Å². The molecule has 54 valence electrons. The fraction of sp³-hybridized carbons (Fsp3) is 1.00. The molecule has 0 radical (unpaired) electrons. The third-order valence-electron chi connectivity index (χ3n) is 1.67. The zero-order chi connectivity index (χ0) is 6.53. The average Bonchev–Trinajstić information content (AvgIpc) is 1.91. The van der Waals surface area contributed by atoms with Crippen LogP contribution in [0, 0.1) is 0 Å². The van der Waals surface area contributed by atoms with Crippen LogP contribution in [0.15, 0.2) is 0 Å². The average molecular weight is 129 g/mol. The van der Waals surface area contributed by atoms with Crippen molar-refractivity contribution in [3.05, 3.63) is 0 Å². The van der Waals surface area contributed by atoms with Gasteiger partial charge in [0.2, 0.25) is 0 Å². The summed E-state index contributed by atoms with van der Waals surface area (Å²) in [5, 5.41) is 6.48. The van der Waals surface area contributed by atoms with Crippen molar-refractivity contribution >= 4 is 0 Å². The highest BCUT2D eigenvalue weighted by molar-refractivity contribution is 4.68. The van der Waals surface area contributed by atoms with E-state index in [1.54, 1.807) is 0 Å². The van der Waals surface area contributed by atoms with Crippen molar-refractivity contribution in [2.24, 2.45) is 5.73 Å². The smallest absolute Gasteiger partial charge is 0.0581 e. The van der Waals surface area contributed by atoms with Gasteiger partial charge in [-0.05, 0) is 25.8 Å². The molecule has 0 aromatic heterocycles. The van der Waals surface area contributed by atoms with Crippen LogP contribution in [-0.2, 0) is 0 Å². The van der Waals surface area contributed by atoms with Crippen molar-refractivity contribution in [2.45, 2.75) is 25.4 Å². The summed E-state index contributed by atoms with van der Waals surface area (Å²) in [6, 6.07) is 0. The summed E-state index contributed by atoms with van der Waals surface area (Å²) < 4.78 is 0. The van der Waals surface area contributed by atoms with Gasteiger partial charge in [0.15, 0.2) is 0 Å². The molecule has 0 saturated carbocycles. The fourth-order valence-corrected chi connectivity index (χ4v) is 1.17. The first-order valence-corrected chi connectivity index (χ1v) is 3.60. The lowest BCUT2D eigenvalue weighted by Gasteiger charge is -2.23. The van der Waals surface area contributed by atoms with E-state index in [2.05, 4.69) is 10.6 Å². The van der Waals surface area contributed by atoms with Gasteiger partial charge in [-0.15, -0.1) is 0 Å². The van der Waals surface area contributed by atoms with E-state index in [1.807, 2.05) is 0 Å². The Labute approximate surface area is 56.0 Å². The highest BCUT2D eigenvalue weighted by Gasteiger charge is 2.09. The quantitative estimate of drug-likeness (QED) is 0.444. The lowest BCUT2D eigenvalue weighted by atomic mass is 10.1. The van der Waals surface area contributed by atoms with Crippen molar-refractivity contribution < 1.29 is 0 Å². The summed E-state index contributed by atoms with van der Waals surface area (Å²) in [5.41, 5.74) is 5.31. The molecule has 3 heteroatoms. The number of rotatable bonds is 2. The Morgan fingerprint density at radius 3 is 3.00 bits per heavy atom. The van der Waals surface area contributed by atoms with E-state index < -0.39 is 0 Å². The molecule has 0 bridgehead atoms. The number of nitrogens with one attached hydrogen (secondary N) is 2. The Bertz CT molecular complexity index is 65.9. The molecule has 1 aliphatic heterocycles. The van der Waals surface area contributed by atoms with Gasteiger partial charge < -0.3 is 11.1 Å². The molecule has 0 spiro atoms. The van der Waals surface area contributed by atoms with Crippen LogP contribution in [0.5, 0.6) is 0 Å². The summed E-state index contributed by atoms with van der Waals surface area (Å²) >= 11 is 0. The summed E-state index contributed by atoms with van der Waals surface area (Å²) in [4.78, 5) is 0. The number of hydrogen-bond acceptors (Lipinski definition) is 3. The monoisotopic (exact) mass is 129 g/mol. The topological polar surface area (TPSA) is 50.1 Å². The second-order valence-corrected chi connectivity index (χ2v) is 2.41. The largest absolute Gasteiger partial charge is 0.318 e. The summed E-state index contributed by atoms with van der Waals surface area (Å²) in [7, 11) is 0. The minimum atomic E-state index is 0.476. The molecular weight excluding hydrogens is 114 g/mol. The third-order valence-corrected chi connectivity index (χ3v) is 1.67. The van der Waals surface area contributed by atoms with Crippen LogP contribution < -0.4 is 16.4 Å². The van der Waals surface area contributed by atoms with Crippen LogP contribution in [0.3, 0.4) is 0 Å². The zero-order valence-electron chi connectivity index (χ0n) is 5.69. The van der Waals surface area contributed by atoms with Crippen LogP contribution in [0.4, 0.5) is 0 Å². The van der Waals surface area contributed by atoms with Crippen LogP contribution >= 0.6 is 0 Å². The molecule has 1 saturated heterocycles. The molecule has 1 rings (SSSR count). The van der Waals surface area contributed by atoms with Crippen molar-refractivity contribution in [2.75, 3.05) is 13.2 Å². The highest BCUT2D eigenvalue weighted by atomic mass is 15.1. The second kappa shape index (κ2) is 3.82. The van der Waals surface area contributed by atoms with E-state index in [4.69, 9.17) is 5.73 Å². The Morgan fingerprint density at radius 2 is 2.44 bits per heavy atom. The van der Waals surface area contributed by atoms with Gasteiger partial charge in [-0.25, -0.2) is 0 Å². The Balaban J connectivity index is 2.08. The Kier molecular flexibility index (Phi) is 2.97. The summed E-state index contributed by atoms with van der Waals surface area (Å²) in [6.45, 7) is 1.72. The van der Waals surface area contributed by atoms with Gasteiger partial charge >= 0.3 is 0 Å². The Hall–Kier alpha value is -0.120. The standard InChI is InChI=1S/C6H15N3/c7-5-9-6-3-1-2-4-8-6/h6,8-9H,1-5,7H2. The first-order chi connectivity index (χ1) is 4.43. The molecule has 1 aliphatic rings. The molecule has 0 aromatic rings.